The Morgan fingerprint density at radius 3 is 2.28 bits per heavy atom. The molecule has 0 atom stereocenters. The number of aromatic nitrogens is 1. The molecule has 0 amide bonds. The number of benzene rings is 1. The standard InChI is InChI=1S/C20H23NO3S/c1-4-25(22,23)17-10-8-15(9-11-17)18-6-5-7-19(18)16-12-14(2)20(24-3)21-13-16/h8-13H,4-7H2,1-3H3. The molecular weight excluding hydrogens is 334 g/mol. The number of hydrogen-bond donors (Lipinski definition) is 0. The van der Waals surface area contributed by atoms with Crippen LogP contribution in [0, 0.1) is 6.92 Å². The number of sulfone groups is 1. The smallest absolute Gasteiger partial charge is 0.215 e. The molecule has 0 fully saturated rings. The summed E-state index contributed by atoms with van der Waals surface area (Å²) in [6.07, 6.45) is 4.98. The van der Waals surface area contributed by atoms with Gasteiger partial charge in [0.1, 0.15) is 0 Å². The van der Waals surface area contributed by atoms with E-state index in [1.165, 1.54) is 11.1 Å². The Bertz CT molecular complexity index is 912. The Labute approximate surface area is 149 Å². The lowest BCUT2D eigenvalue weighted by Gasteiger charge is -2.11. The molecule has 0 bridgehead atoms. The number of nitrogens with zero attached hydrogens (tertiary/aromatic N) is 1. The molecular formula is C20H23NO3S. The molecule has 5 heteroatoms. The van der Waals surface area contributed by atoms with E-state index < -0.39 is 9.84 Å². The van der Waals surface area contributed by atoms with Gasteiger partial charge in [0.05, 0.1) is 17.8 Å². The van der Waals surface area contributed by atoms with Crippen molar-refractivity contribution in [2.24, 2.45) is 0 Å². The van der Waals surface area contributed by atoms with Crippen molar-refractivity contribution in [1.82, 2.24) is 4.98 Å². The van der Waals surface area contributed by atoms with E-state index >= 15 is 0 Å². The Kier molecular flexibility index (Phi) is 4.95. The molecule has 0 saturated heterocycles. The Morgan fingerprint density at radius 2 is 1.72 bits per heavy atom. The zero-order valence-corrected chi connectivity index (χ0v) is 15.7. The second-order valence-electron chi connectivity index (χ2n) is 6.29. The average molecular weight is 357 g/mol. The van der Waals surface area contributed by atoms with Crippen LogP contribution in [0.5, 0.6) is 5.88 Å². The second-order valence-corrected chi connectivity index (χ2v) is 8.57. The van der Waals surface area contributed by atoms with Gasteiger partial charge in [0.2, 0.25) is 5.88 Å². The molecule has 132 valence electrons. The maximum atomic E-state index is 12.0. The number of ether oxygens (including phenoxy) is 1. The van der Waals surface area contributed by atoms with E-state index in [1.54, 1.807) is 26.2 Å². The van der Waals surface area contributed by atoms with E-state index in [1.807, 2.05) is 25.3 Å². The first-order chi connectivity index (χ1) is 12.0. The van der Waals surface area contributed by atoms with Crippen LogP contribution in [-0.2, 0) is 9.84 Å². The summed E-state index contributed by atoms with van der Waals surface area (Å²) in [5.74, 6) is 0.773. The minimum absolute atomic E-state index is 0.122. The third-order valence-electron chi connectivity index (χ3n) is 4.73. The molecule has 0 radical (unpaired) electrons. The van der Waals surface area contributed by atoms with Gasteiger partial charge in [-0.15, -0.1) is 0 Å². The van der Waals surface area contributed by atoms with Gasteiger partial charge in [0.15, 0.2) is 9.84 Å². The lowest BCUT2D eigenvalue weighted by atomic mass is 9.97. The number of pyridine rings is 1. The summed E-state index contributed by atoms with van der Waals surface area (Å²) in [6.45, 7) is 3.66. The molecule has 1 aliphatic rings. The van der Waals surface area contributed by atoms with Crippen LogP contribution in [-0.4, -0.2) is 26.3 Å². The Morgan fingerprint density at radius 1 is 1.08 bits per heavy atom. The maximum Gasteiger partial charge on any atom is 0.215 e. The summed E-state index contributed by atoms with van der Waals surface area (Å²) in [5.41, 5.74) is 5.81. The fourth-order valence-electron chi connectivity index (χ4n) is 3.35. The summed E-state index contributed by atoms with van der Waals surface area (Å²) in [6, 6.07) is 9.39. The highest BCUT2D eigenvalue weighted by atomic mass is 32.2. The molecule has 0 aliphatic heterocycles. The first-order valence-corrected chi connectivity index (χ1v) is 10.2. The summed E-state index contributed by atoms with van der Waals surface area (Å²) in [4.78, 5) is 4.78. The third kappa shape index (κ3) is 3.47. The molecule has 0 N–H and O–H groups in total. The van der Waals surface area contributed by atoms with Gasteiger partial charge >= 0.3 is 0 Å². The summed E-state index contributed by atoms with van der Waals surface area (Å²) in [7, 11) is -1.53. The van der Waals surface area contributed by atoms with Crippen LogP contribution in [0.15, 0.2) is 41.4 Å². The topological polar surface area (TPSA) is 56.3 Å². The van der Waals surface area contributed by atoms with Crippen molar-refractivity contribution in [2.45, 2.75) is 38.0 Å². The second kappa shape index (κ2) is 7.00. The van der Waals surface area contributed by atoms with Crippen molar-refractivity contribution in [1.29, 1.82) is 0 Å². The SMILES string of the molecule is CCS(=O)(=O)c1ccc(C2=C(c3cnc(OC)c(C)c3)CCC2)cc1. The molecule has 4 nitrogen and oxygen atoms in total. The molecule has 1 heterocycles. The molecule has 2 aromatic rings. The molecule has 1 aromatic heterocycles. The third-order valence-corrected chi connectivity index (χ3v) is 6.48. The van der Waals surface area contributed by atoms with E-state index in [0.717, 1.165) is 36.0 Å². The van der Waals surface area contributed by atoms with Crippen molar-refractivity contribution < 1.29 is 13.2 Å². The summed E-state index contributed by atoms with van der Waals surface area (Å²) < 4.78 is 29.2. The van der Waals surface area contributed by atoms with Gasteiger partial charge in [-0.05, 0) is 66.7 Å². The van der Waals surface area contributed by atoms with Crippen LogP contribution >= 0.6 is 0 Å². The number of allylic oxidation sites excluding steroid dienone is 2. The molecule has 1 aromatic carbocycles. The van der Waals surface area contributed by atoms with E-state index in [0.29, 0.717) is 10.8 Å². The van der Waals surface area contributed by atoms with Crippen LogP contribution in [0.1, 0.15) is 42.9 Å². The average Bonchev–Trinajstić information content (AvgIpc) is 3.11. The quantitative estimate of drug-likeness (QED) is 0.801. The number of methoxy groups -OCH3 is 1. The van der Waals surface area contributed by atoms with Crippen LogP contribution in [0.2, 0.25) is 0 Å². The van der Waals surface area contributed by atoms with E-state index in [2.05, 4.69) is 11.1 Å². The van der Waals surface area contributed by atoms with Crippen molar-refractivity contribution in [3.8, 4) is 5.88 Å². The monoisotopic (exact) mass is 357 g/mol. The van der Waals surface area contributed by atoms with Gasteiger partial charge in [-0.2, -0.15) is 0 Å². The first-order valence-electron chi connectivity index (χ1n) is 8.52. The predicted molar refractivity (Wildman–Crippen MR) is 100 cm³/mol. The normalized spacial score (nSPS) is 14.8. The fraction of sp³-hybridized carbons (Fsp3) is 0.350. The van der Waals surface area contributed by atoms with Crippen molar-refractivity contribution >= 4 is 21.0 Å². The first kappa shape index (κ1) is 17.7. The van der Waals surface area contributed by atoms with Crippen LogP contribution < -0.4 is 4.74 Å². The van der Waals surface area contributed by atoms with E-state index in [9.17, 15) is 8.42 Å². The predicted octanol–water partition coefficient (Wildman–Crippen LogP) is 4.29. The van der Waals surface area contributed by atoms with Gasteiger partial charge in [-0.25, -0.2) is 13.4 Å². The molecule has 0 saturated carbocycles. The van der Waals surface area contributed by atoms with Gasteiger partial charge in [0, 0.05) is 11.8 Å². The molecule has 0 spiro atoms. The molecule has 0 unspecified atom stereocenters. The summed E-state index contributed by atoms with van der Waals surface area (Å²) in [5, 5.41) is 0. The minimum atomic E-state index is -3.16. The van der Waals surface area contributed by atoms with Crippen molar-refractivity contribution in [2.75, 3.05) is 12.9 Å². The highest BCUT2D eigenvalue weighted by Gasteiger charge is 2.19. The van der Waals surface area contributed by atoms with Gasteiger partial charge in [-0.3, -0.25) is 0 Å². The number of aryl methyl sites for hydroxylation is 1. The van der Waals surface area contributed by atoms with Crippen LogP contribution in [0.4, 0.5) is 0 Å². The maximum absolute atomic E-state index is 12.0. The molecule has 1 aliphatic carbocycles. The molecule has 25 heavy (non-hydrogen) atoms. The lowest BCUT2D eigenvalue weighted by molar-refractivity contribution is 0.394. The highest BCUT2D eigenvalue weighted by Crippen LogP contribution is 2.40. The van der Waals surface area contributed by atoms with Gasteiger partial charge in [-0.1, -0.05) is 19.1 Å². The molecule has 3 rings (SSSR count). The Hall–Kier alpha value is -2.14. The van der Waals surface area contributed by atoms with Crippen LogP contribution in [0.3, 0.4) is 0 Å². The van der Waals surface area contributed by atoms with Gasteiger partial charge < -0.3 is 4.74 Å². The zero-order valence-electron chi connectivity index (χ0n) is 14.9. The fourth-order valence-corrected chi connectivity index (χ4v) is 4.24. The van der Waals surface area contributed by atoms with E-state index in [-0.39, 0.29) is 5.75 Å². The minimum Gasteiger partial charge on any atom is -0.481 e. The Balaban J connectivity index is 2.00. The summed E-state index contributed by atoms with van der Waals surface area (Å²) >= 11 is 0. The highest BCUT2D eigenvalue weighted by molar-refractivity contribution is 7.91. The largest absolute Gasteiger partial charge is 0.481 e. The lowest BCUT2D eigenvalue weighted by Crippen LogP contribution is -2.03. The van der Waals surface area contributed by atoms with Crippen molar-refractivity contribution in [3.63, 3.8) is 0 Å². The number of hydrogen-bond acceptors (Lipinski definition) is 4. The van der Waals surface area contributed by atoms with Gasteiger partial charge in [0.25, 0.3) is 0 Å². The van der Waals surface area contributed by atoms with Crippen LogP contribution in [0.25, 0.3) is 11.1 Å². The number of rotatable bonds is 5. The van der Waals surface area contributed by atoms with Crippen molar-refractivity contribution in [3.05, 3.63) is 53.2 Å². The zero-order chi connectivity index (χ0) is 18.0. The van der Waals surface area contributed by atoms with E-state index in [4.69, 9.17) is 4.74 Å².